The zero-order valence-corrected chi connectivity index (χ0v) is 14.1. The van der Waals surface area contributed by atoms with Crippen LogP contribution in [0.2, 0.25) is 10.0 Å². The van der Waals surface area contributed by atoms with E-state index in [4.69, 9.17) is 33.1 Å². The van der Waals surface area contributed by atoms with Crippen LogP contribution >= 0.6 is 23.2 Å². The average molecular weight is 339 g/mol. The Morgan fingerprint density at radius 2 is 1.36 bits per heavy atom. The normalized spacial score (nSPS) is 7.95. The highest BCUT2D eigenvalue weighted by Gasteiger charge is 2.05. The second-order valence-electron chi connectivity index (χ2n) is 3.49. The van der Waals surface area contributed by atoms with E-state index in [2.05, 4.69) is 26.3 Å². The number of benzene rings is 2. The van der Waals surface area contributed by atoms with Crippen LogP contribution in [0.25, 0.3) is 11.1 Å². The molecule has 2 rings (SSSR count). The third kappa shape index (κ3) is 9.01. The van der Waals surface area contributed by atoms with Gasteiger partial charge in [-0.05, 0) is 11.6 Å². The second-order valence-corrected chi connectivity index (χ2v) is 4.27. The molecule has 0 aliphatic carbocycles. The van der Waals surface area contributed by atoms with Crippen molar-refractivity contribution in [3.8, 4) is 11.1 Å². The number of carbonyl (C=O) groups is 1. The molecule has 0 aromatic heterocycles. The first kappa shape index (κ1) is 22.3. The topological polar surface area (TPSA) is 37.3 Å². The van der Waals surface area contributed by atoms with Crippen molar-refractivity contribution >= 4 is 29.2 Å². The van der Waals surface area contributed by atoms with Crippen molar-refractivity contribution in [2.45, 2.75) is 6.92 Å². The van der Waals surface area contributed by atoms with Crippen LogP contribution in [0.1, 0.15) is 6.92 Å². The quantitative estimate of drug-likeness (QED) is 0.614. The van der Waals surface area contributed by atoms with Crippen molar-refractivity contribution in [1.82, 2.24) is 0 Å². The van der Waals surface area contributed by atoms with Crippen LogP contribution in [0.3, 0.4) is 0 Å². The van der Waals surface area contributed by atoms with Gasteiger partial charge in [0.25, 0.3) is 5.97 Å². The third-order valence-corrected chi connectivity index (χ3v) is 2.86. The summed E-state index contributed by atoms with van der Waals surface area (Å²) in [6.07, 6.45) is 0. The van der Waals surface area contributed by atoms with Gasteiger partial charge >= 0.3 is 0 Å². The number of carboxylic acids is 1. The molecule has 2 aromatic rings. The van der Waals surface area contributed by atoms with Crippen molar-refractivity contribution in [2.24, 2.45) is 0 Å². The molecule has 1 N–H and O–H groups in total. The first-order chi connectivity index (χ1) is 10.5. The van der Waals surface area contributed by atoms with E-state index in [-0.39, 0.29) is 0 Å². The van der Waals surface area contributed by atoms with Crippen LogP contribution in [0.4, 0.5) is 0 Å². The van der Waals surface area contributed by atoms with Gasteiger partial charge in [0.2, 0.25) is 0 Å². The molecule has 2 nitrogen and oxygen atoms in total. The minimum Gasteiger partial charge on any atom is -0.481 e. The van der Waals surface area contributed by atoms with Gasteiger partial charge in [0.1, 0.15) is 0 Å². The highest BCUT2D eigenvalue weighted by molar-refractivity contribution is 6.43. The van der Waals surface area contributed by atoms with Crippen molar-refractivity contribution in [1.29, 1.82) is 0 Å². The van der Waals surface area contributed by atoms with Gasteiger partial charge in [0.05, 0.1) is 10.0 Å². The van der Waals surface area contributed by atoms with Crippen LogP contribution in [0.15, 0.2) is 74.8 Å². The third-order valence-electron chi connectivity index (χ3n) is 2.04. The summed E-state index contributed by atoms with van der Waals surface area (Å²) in [5.41, 5.74) is 2.06. The van der Waals surface area contributed by atoms with Crippen molar-refractivity contribution < 1.29 is 9.90 Å². The van der Waals surface area contributed by atoms with E-state index in [1.807, 2.05) is 42.5 Å². The van der Waals surface area contributed by atoms with Crippen LogP contribution in [0.5, 0.6) is 0 Å². The number of hydrogen-bond acceptors (Lipinski definition) is 1. The highest BCUT2D eigenvalue weighted by atomic mass is 35.5. The summed E-state index contributed by atoms with van der Waals surface area (Å²) in [6, 6.07) is 15.6. The summed E-state index contributed by atoms with van der Waals surface area (Å²) in [4.78, 5) is 9.00. The summed E-state index contributed by atoms with van der Waals surface area (Å²) in [7, 11) is 0. The fourth-order valence-corrected chi connectivity index (χ4v) is 1.75. The van der Waals surface area contributed by atoms with Crippen molar-refractivity contribution in [3.63, 3.8) is 0 Å². The molecule has 118 valence electrons. The number of carboxylic acid groups (broad SMARTS) is 1. The average Bonchev–Trinajstić information content (AvgIpc) is 2.54. The maximum Gasteiger partial charge on any atom is 0.300 e. The first-order valence-corrected chi connectivity index (χ1v) is 6.97. The molecule has 0 atom stereocenters. The van der Waals surface area contributed by atoms with Gasteiger partial charge in [-0.1, -0.05) is 65.7 Å². The Morgan fingerprint density at radius 1 is 0.909 bits per heavy atom. The Morgan fingerprint density at radius 3 is 1.82 bits per heavy atom. The minimum absolute atomic E-state index is 0.591. The summed E-state index contributed by atoms with van der Waals surface area (Å²) in [5, 5.41) is 8.62. The first-order valence-electron chi connectivity index (χ1n) is 6.21. The largest absolute Gasteiger partial charge is 0.481 e. The fourth-order valence-electron chi connectivity index (χ4n) is 1.34. The van der Waals surface area contributed by atoms with Gasteiger partial charge in [-0.3, -0.25) is 4.79 Å². The molecule has 22 heavy (non-hydrogen) atoms. The van der Waals surface area contributed by atoms with Crippen LogP contribution in [0, 0.1) is 0 Å². The lowest BCUT2D eigenvalue weighted by molar-refractivity contribution is -0.134. The molecule has 0 amide bonds. The van der Waals surface area contributed by atoms with Crippen molar-refractivity contribution in [2.75, 3.05) is 0 Å². The van der Waals surface area contributed by atoms with E-state index >= 15 is 0 Å². The van der Waals surface area contributed by atoms with Gasteiger partial charge in [-0.15, -0.1) is 26.3 Å². The molecule has 0 fully saturated rings. The lowest BCUT2D eigenvalue weighted by atomic mass is 10.1. The molecule has 0 heterocycles. The number of halogens is 2. The maximum absolute atomic E-state index is 9.00. The smallest absolute Gasteiger partial charge is 0.300 e. The van der Waals surface area contributed by atoms with Gasteiger partial charge in [0.15, 0.2) is 0 Å². The Bertz CT molecular complexity index is 548. The summed E-state index contributed by atoms with van der Waals surface area (Å²) < 4.78 is 0. The second kappa shape index (κ2) is 13.9. The monoisotopic (exact) mass is 338 g/mol. The van der Waals surface area contributed by atoms with Gasteiger partial charge in [-0.25, -0.2) is 0 Å². The van der Waals surface area contributed by atoms with Gasteiger partial charge in [-0.2, -0.15) is 0 Å². The van der Waals surface area contributed by atoms with Gasteiger partial charge in [0, 0.05) is 12.5 Å². The van der Waals surface area contributed by atoms with E-state index in [1.54, 1.807) is 6.07 Å². The minimum atomic E-state index is -0.833. The molecule has 0 radical (unpaired) electrons. The zero-order valence-electron chi connectivity index (χ0n) is 12.6. The molecular formula is C18H20Cl2O2. The SMILES string of the molecule is C=C.C=C.CC(=O)O.Clc1cccc(-c2ccccc2)c1Cl. The van der Waals surface area contributed by atoms with E-state index in [0.29, 0.717) is 10.0 Å². The summed E-state index contributed by atoms with van der Waals surface area (Å²) in [6.45, 7) is 13.1. The molecular weight excluding hydrogens is 319 g/mol. The lowest BCUT2D eigenvalue weighted by Gasteiger charge is -2.04. The Labute approximate surface area is 142 Å². The number of hydrogen-bond donors (Lipinski definition) is 1. The summed E-state index contributed by atoms with van der Waals surface area (Å²) in [5.74, 6) is -0.833. The fraction of sp³-hybridized carbons (Fsp3) is 0.0556. The standard InChI is InChI=1S/C12H8Cl2.C2H4O2.2C2H4/c13-11-8-4-7-10(12(11)14)9-5-2-1-3-6-9;1-2(3)4;2*1-2/h1-8H;1H3,(H,3,4);2*1-2H2. The predicted octanol–water partition coefficient (Wildman–Crippen LogP) is 6.36. The van der Waals surface area contributed by atoms with E-state index in [1.165, 1.54) is 0 Å². The van der Waals surface area contributed by atoms with Gasteiger partial charge < -0.3 is 5.11 Å². The molecule has 0 unspecified atom stereocenters. The van der Waals surface area contributed by atoms with E-state index < -0.39 is 5.97 Å². The van der Waals surface area contributed by atoms with Crippen LogP contribution in [-0.2, 0) is 4.79 Å². The molecule has 0 saturated carbocycles. The predicted molar refractivity (Wildman–Crippen MR) is 97.7 cm³/mol. The van der Waals surface area contributed by atoms with E-state index in [0.717, 1.165) is 18.1 Å². The lowest BCUT2D eigenvalue weighted by Crippen LogP contribution is -1.79. The molecule has 0 aliphatic rings. The highest BCUT2D eigenvalue weighted by Crippen LogP contribution is 2.32. The Kier molecular flexibility index (Phi) is 14.1. The zero-order chi connectivity index (χ0) is 17.5. The Hall–Kier alpha value is -2.03. The van der Waals surface area contributed by atoms with E-state index in [9.17, 15) is 0 Å². The van der Waals surface area contributed by atoms with Crippen molar-refractivity contribution in [3.05, 3.63) is 84.9 Å². The molecule has 2 aromatic carbocycles. The maximum atomic E-state index is 9.00. The summed E-state index contributed by atoms with van der Waals surface area (Å²) >= 11 is 12.0. The molecule has 0 saturated heterocycles. The van der Waals surface area contributed by atoms with Crippen LogP contribution < -0.4 is 0 Å². The molecule has 0 bridgehead atoms. The Balaban J connectivity index is 0. The molecule has 0 aliphatic heterocycles. The number of aliphatic carboxylic acids is 1. The number of rotatable bonds is 1. The van der Waals surface area contributed by atoms with Crippen LogP contribution in [-0.4, -0.2) is 11.1 Å². The molecule has 0 spiro atoms. The molecule has 4 heteroatoms.